The van der Waals surface area contributed by atoms with Gasteiger partial charge in [-0.05, 0) is 58.8 Å². The summed E-state index contributed by atoms with van der Waals surface area (Å²) in [4.78, 5) is 12.3. The number of anilines is 1. The first-order chi connectivity index (χ1) is 11.7. The molecular weight excluding hydrogens is 313 g/mol. The lowest BCUT2D eigenvalue weighted by molar-refractivity contribution is 0.0997. The van der Waals surface area contributed by atoms with Gasteiger partial charge in [-0.3, -0.25) is 4.79 Å². The minimum Gasteiger partial charge on any atom is -0.451 e. The molecule has 1 amide bonds. The highest BCUT2D eigenvalue weighted by Gasteiger charge is 2.15. The van der Waals surface area contributed by atoms with Gasteiger partial charge in [0.05, 0.1) is 5.69 Å². The van der Waals surface area contributed by atoms with Gasteiger partial charge in [0, 0.05) is 5.56 Å². The maximum atomic E-state index is 13.0. The maximum Gasteiger partial charge on any atom is 0.291 e. The van der Waals surface area contributed by atoms with Crippen LogP contribution in [0.5, 0.6) is 0 Å². The van der Waals surface area contributed by atoms with Crippen LogP contribution in [0.1, 0.15) is 10.6 Å². The second kappa shape index (κ2) is 5.62. The number of aromatic nitrogens is 2. The highest BCUT2D eigenvalue weighted by atomic mass is 19.1. The molecule has 0 saturated heterocycles. The van der Waals surface area contributed by atoms with Crippen LogP contribution in [-0.4, -0.2) is 16.2 Å². The van der Waals surface area contributed by atoms with Crippen LogP contribution in [0.2, 0.25) is 0 Å². The predicted molar refractivity (Wildman–Crippen MR) is 83.9 cm³/mol. The predicted octanol–water partition coefficient (Wildman–Crippen LogP) is 3.87. The molecule has 4 rings (SSSR count). The van der Waals surface area contributed by atoms with Crippen LogP contribution in [0, 0.1) is 5.82 Å². The number of benzene rings is 2. The second-order valence-electron chi connectivity index (χ2n) is 5.06. The summed E-state index contributed by atoms with van der Waals surface area (Å²) in [6, 6.07) is 14.2. The van der Waals surface area contributed by atoms with Crippen LogP contribution in [0.4, 0.5) is 10.1 Å². The first-order valence-corrected chi connectivity index (χ1v) is 7.09. The van der Waals surface area contributed by atoms with E-state index in [2.05, 4.69) is 20.3 Å². The van der Waals surface area contributed by atoms with E-state index in [0.29, 0.717) is 28.0 Å². The number of halogens is 1. The van der Waals surface area contributed by atoms with Gasteiger partial charge in [0.1, 0.15) is 17.1 Å². The minimum atomic E-state index is -0.432. The summed E-state index contributed by atoms with van der Waals surface area (Å²) >= 11 is 0. The molecule has 1 N–H and O–H groups in total. The Morgan fingerprint density at radius 3 is 2.67 bits per heavy atom. The van der Waals surface area contributed by atoms with Gasteiger partial charge < -0.3 is 9.73 Å². The summed E-state index contributed by atoms with van der Waals surface area (Å²) in [5.41, 5.74) is 2.15. The van der Waals surface area contributed by atoms with Crippen molar-refractivity contribution in [1.29, 1.82) is 0 Å². The molecule has 118 valence electrons. The van der Waals surface area contributed by atoms with Crippen LogP contribution in [0.3, 0.4) is 0 Å². The van der Waals surface area contributed by atoms with Gasteiger partial charge in [-0.1, -0.05) is 6.07 Å². The standard InChI is InChI=1S/C17H10FN3O3/c18-11-6-4-10(5-7-11)14-8-9-15(23-14)17(22)19-12-2-1-3-13-16(12)21-24-20-13/h1-9H,(H,19,22). The van der Waals surface area contributed by atoms with Gasteiger partial charge in [0.2, 0.25) is 0 Å². The molecule has 6 nitrogen and oxygen atoms in total. The molecule has 2 aromatic carbocycles. The Morgan fingerprint density at radius 1 is 1.00 bits per heavy atom. The Balaban J connectivity index is 1.59. The molecule has 0 aliphatic carbocycles. The van der Waals surface area contributed by atoms with Crippen molar-refractivity contribution in [2.24, 2.45) is 0 Å². The Kier molecular flexibility index (Phi) is 3.31. The minimum absolute atomic E-state index is 0.128. The third kappa shape index (κ3) is 2.52. The zero-order valence-corrected chi connectivity index (χ0v) is 12.2. The molecule has 2 aromatic heterocycles. The van der Waals surface area contributed by atoms with Crippen LogP contribution >= 0.6 is 0 Å². The van der Waals surface area contributed by atoms with Crippen LogP contribution in [-0.2, 0) is 0 Å². The van der Waals surface area contributed by atoms with Crippen LogP contribution in [0.15, 0.2) is 63.6 Å². The van der Waals surface area contributed by atoms with E-state index in [9.17, 15) is 9.18 Å². The highest BCUT2D eigenvalue weighted by molar-refractivity contribution is 6.06. The van der Waals surface area contributed by atoms with Crippen molar-refractivity contribution in [3.8, 4) is 11.3 Å². The van der Waals surface area contributed by atoms with E-state index >= 15 is 0 Å². The van der Waals surface area contributed by atoms with E-state index in [1.54, 1.807) is 42.5 Å². The van der Waals surface area contributed by atoms with E-state index < -0.39 is 5.91 Å². The summed E-state index contributed by atoms with van der Waals surface area (Å²) in [6.07, 6.45) is 0. The number of amides is 1. The van der Waals surface area contributed by atoms with E-state index in [-0.39, 0.29) is 11.6 Å². The molecule has 24 heavy (non-hydrogen) atoms. The smallest absolute Gasteiger partial charge is 0.291 e. The SMILES string of the molecule is O=C(Nc1cccc2nonc12)c1ccc(-c2ccc(F)cc2)o1. The number of hydrogen-bond donors (Lipinski definition) is 1. The lowest BCUT2D eigenvalue weighted by Crippen LogP contribution is -2.11. The van der Waals surface area contributed by atoms with Gasteiger partial charge in [0.25, 0.3) is 5.91 Å². The molecule has 0 atom stereocenters. The van der Waals surface area contributed by atoms with Gasteiger partial charge in [0.15, 0.2) is 11.3 Å². The molecule has 2 heterocycles. The van der Waals surface area contributed by atoms with Crippen LogP contribution in [0.25, 0.3) is 22.4 Å². The zero-order chi connectivity index (χ0) is 16.5. The Labute approximate surface area is 134 Å². The largest absolute Gasteiger partial charge is 0.451 e. The average Bonchev–Trinajstić information content (AvgIpc) is 3.25. The summed E-state index contributed by atoms with van der Waals surface area (Å²) in [5, 5.41) is 10.2. The van der Waals surface area contributed by atoms with E-state index in [0.717, 1.165) is 0 Å². The maximum absolute atomic E-state index is 13.0. The van der Waals surface area contributed by atoms with Gasteiger partial charge in [-0.15, -0.1) is 0 Å². The fourth-order valence-corrected chi connectivity index (χ4v) is 2.32. The van der Waals surface area contributed by atoms with E-state index in [1.807, 2.05) is 0 Å². The molecule has 0 aliphatic heterocycles. The van der Waals surface area contributed by atoms with E-state index in [1.165, 1.54) is 12.1 Å². The number of fused-ring (bicyclic) bond motifs is 1. The van der Waals surface area contributed by atoms with Crippen molar-refractivity contribution < 1.29 is 18.2 Å². The molecule has 7 heteroatoms. The zero-order valence-electron chi connectivity index (χ0n) is 12.2. The number of rotatable bonds is 3. The molecule has 0 aliphatic rings. The summed E-state index contributed by atoms with van der Waals surface area (Å²) < 4.78 is 23.2. The van der Waals surface area contributed by atoms with Crippen molar-refractivity contribution in [1.82, 2.24) is 10.3 Å². The molecular formula is C17H10FN3O3. The quantitative estimate of drug-likeness (QED) is 0.619. The molecule has 0 bridgehead atoms. The highest BCUT2D eigenvalue weighted by Crippen LogP contribution is 2.24. The van der Waals surface area contributed by atoms with Crippen molar-refractivity contribution in [2.45, 2.75) is 0 Å². The summed E-state index contributed by atoms with van der Waals surface area (Å²) in [5.74, 6) is -0.166. The average molecular weight is 323 g/mol. The molecule has 0 fully saturated rings. The lowest BCUT2D eigenvalue weighted by atomic mass is 10.2. The number of nitrogens with zero attached hydrogens (tertiary/aromatic N) is 2. The lowest BCUT2D eigenvalue weighted by Gasteiger charge is -2.02. The number of furan rings is 1. The Bertz CT molecular complexity index is 1020. The molecule has 0 radical (unpaired) electrons. The fraction of sp³-hybridized carbons (Fsp3) is 0. The molecule has 0 saturated carbocycles. The van der Waals surface area contributed by atoms with Crippen molar-refractivity contribution in [3.63, 3.8) is 0 Å². The number of carbonyl (C=O) groups is 1. The van der Waals surface area contributed by atoms with Crippen molar-refractivity contribution >= 4 is 22.6 Å². The Hall–Kier alpha value is -3.48. The summed E-state index contributed by atoms with van der Waals surface area (Å²) in [6.45, 7) is 0. The van der Waals surface area contributed by atoms with Crippen molar-refractivity contribution in [3.05, 3.63) is 66.2 Å². The number of nitrogens with one attached hydrogen (secondary N) is 1. The number of hydrogen-bond acceptors (Lipinski definition) is 5. The van der Waals surface area contributed by atoms with Gasteiger partial charge >= 0.3 is 0 Å². The van der Waals surface area contributed by atoms with E-state index in [4.69, 9.17) is 4.42 Å². The van der Waals surface area contributed by atoms with Gasteiger partial charge in [-0.2, -0.15) is 0 Å². The van der Waals surface area contributed by atoms with Crippen LogP contribution < -0.4 is 5.32 Å². The molecule has 0 spiro atoms. The first kappa shape index (κ1) is 14.1. The monoisotopic (exact) mass is 323 g/mol. The fourth-order valence-electron chi connectivity index (χ4n) is 2.32. The Morgan fingerprint density at radius 2 is 1.83 bits per heavy atom. The van der Waals surface area contributed by atoms with Gasteiger partial charge in [-0.25, -0.2) is 9.02 Å². The summed E-state index contributed by atoms with van der Waals surface area (Å²) in [7, 11) is 0. The number of carbonyl (C=O) groups excluding carboxylic acids is 1. The third-order valence-electron chi connectivity index (χ3n) is 3.49. The topological polar surface area (TPSA) is 81.2 Å². The molecule has 0 unspecified atom stereocenters. The first-order valence-electron chi connectivity index (χ1n) is 7.09. The normalized spacial score (nSPS) is 10.9. The third-order valence-corrected chi connectivity index (χ3v) is 3.49. The molecule has 4 aromatic rings. The van der Waals surface area contributed by atoms with Crippen molar-refractivity contribution in [2.75, 3.05) is 5.32 Å². The second-order valence-corrected chi connectivity index (χ2v) is 5.06.